The highest BCUT2D eigenvalue weighted by molar-refractivity contribution is 7.99. The van der Waals surface area contributed by atoms with Gasteiger partial charge in [0.2, 0.25) is 5.95 Å². The van der Waals surface area contributed by atoms with E-state index in [0.717, 1.165) is 31.9 Å². The van der Waals surface area contributed by atoms with Crippen molar-refractivity contribution in [2.75, 3.05) is 42.7 Å². The SMILES string of the molecule is CC(C)Cn1c(SCC(=O)c2c(N)n(C3CC3)c(=O)[nH]c2=O)nnc1N1CCOCC1. The Hall–Kier alpha value is -2.60. The number of H-pyrrole nitrogens is 1. The Kier molecular flexibility index (Phi) is 6.19. The van der Waals surface area contributed by atoms with E-state index in [2.05, 4.69) is 33.9 Å². The van der Waals surface area contributed by atoms with Gasteiger partial charge in [-0.25, -0.2) is 4.79 Å². The second-order valence-electron chi connectivity index (χ2n) is 8.22. The summed E-state index contributed by atoms with van der Waals surface area (Å²) >= 11 is 1.21. The second-order valence-corrected chi connectivity index (χ2v) is 9.16. The molecule has 31 heavy (non-hydrogen) atoms. The van der Waals surface area contributed by atoms with Gasteiger partial charge in [-0.3, -0.25) is 23.7 Å². The lowest BCUT2D eigenvalue weighted by molar-refractivity contribution is 0.102. The van der Waals surface area contributed by atoms with E-state index in [0.29, 0.717) is 30.8 Å². The van der Waals surface area contributed by atoms with Crippen LogP contribution in [0.5, 0.6) is 0 Å². The van der Waals surface area contributed by atoms with Gasteiger partial charge in [0.05, 0.1) is 19.0 Å². The van der Waals surface area contributed by atoms with Crippen molar-refractivity contribution in [3.63, 3.8) is 0 Å². The molecule has 0 unspecified atom stereocenters. The summed E-state index contributed by atoms with van der Waals surface area (Å²) in [5, 5.41) is 9.25. The van der Waals surface area contributed by atoms with Crippen LogP contribution in [-0.4, -0.2) is 62.2 Å². The molecule has 2 aliphatic rings. The van der Waals surface area contributed by atoms with Crippen LogP contribution in [0.3, 0.4) is 0 Å². The topological polar surface area (TPSA) is 141 Å². The summed E-state index contributed by atoms with van der Waals surface area (Å²) in [6.45, 7) is 7.63. The summed E-state index contributed by atoms with van der Waals surface area (Å²) in [5.41, 5.74) is 4.57. The average Bonchev–Trinajstić information content (AvgIpc) is 3.47. The maximum Gasteiger partial charge on any atom is 0.330 e. The molecule has 0 aromatic carbocycles. The molecule has 0 bridgehead atoms. The Morgan fingerprint density at radius 2 is 1.97 bits per heavy atom. The van der Waals surface area contributed by atoms with Gasteiger partial charge in [0, 0.05) is 25.7 Å². The van der Waals surface area contributed by atoms with Crippen LogP contribution in [0.2, 0.25) is 0 Å². The third-order valence-electron chi connectivity index (χ3n) is 5.24. The van der Waals surface area contributed by atoms with Crippen LogP contribution in [0.1, 0.15) is 43.1 Å². The van der Waals surface area contributed by atoms with Crippen molar-refractivity contribution in [2.45, 2.75) is 44.4 Å². The number of nitrogen functional groups attached to an aromatic ring is 1. The molecule has 1 saturated carbocycles. The van der Waals surface area contributed by atoms with Gasteiger partial charge >= 0.3 is 5.69 Å². The largest absolute Gasteiger partial charge is 0.384 e. The molecule has 168 valence electrons. The number of nitrogens with one attached hydrogen (secondary N) is 1. The van der Waals surface area contributed by atoms with Crippen LogP contribution in [0.25, 0.3) is 0 Å². The fourth-order valence-electron chi connectivity index (χ4n) is 3.64. The number of carbonyl (C=O) groups is 1. The van der Waals surface area contributed by atoms with Crippen LogP contribution < -0.4 is 21.9 Å². The van der Waals surface area contributed by atoms with Crippen molar-refractivity contribution >= 4 is 29.3 Å². The first-order valence-corrected chi connectivity index (χ1v) is 11.4. The number of aromatic amines is 1. The number of ketones is 1. The molecule has 1 aliphatic heterocycles. The van der Waals surface area contributed by atoms with E-state index in [4.69, 9.17) is 10.5 Å². The molecule has 0 atom stereocenters. The quantitative estimate of drug-likeness (QED) is 0.435. The number of nitrogens with two attached hydrogens (primary N) is 1. The van der Waals surface area contributed by atoms with Crippen LogP contribution in [0, 0.1) is 5.92 Å². The zero-order chi connectivity index (χ0) is 22.1. The van der Waals surface area contributed by atoms with Crippen molar-refractivity contribution in [2.24, 2.45) is 5.92 Å². The van der Waals surface area contributed by atoms with E-state index in [1.54, 1.807) is 0 Å². The average molecular weight is 450 g/mol. The van der Waals surface area contributed by atoms with E-state index in [9.17, 15) is 14.4 Å². The Balaban J connectivity index is 1.56. The Morgan fingerprint density at radius 1 is 1.26 bits per heavy atom. The van der Waals surface area contributed by atoms with Gasteiger partial charge in [-0.05, 0) is 18.8 Å². The van der Waals surface area contributed by atoms with Gasteiger partial charge in [0.25, 0.3) is 5.56 Å². The lowest BCUT2D eigenvalue weighted by Crippen LogP contribution is -2.38. The smallest absolute Gasteiger partial charge is 0.330 e. The minimum atomic E-state index is -0.748. The van der Waals surface area contributed by atoms with E-state index in [1.807, 2.05) is 4.57 Å². The monoisotopic (exact) mass is 449 g/mol. The normalized spacial score (nSPS) is 16.8. The highest BCUT2D eigenvalue weighted by Crippen LogP contribution is 2.35. The molecule has 1 aliphatic carbocycles. The molecule has 3 N–H and O–H groups in total. The van der Waals surface area contributed by atoms with E-state index in [-0.39, 0.29) is 23.2 Å². The first kappa shape index (κ1) is 21.6. The van der Waals surface area contributed by atoms with E-state index < -0.39 is 17.0 Å². The van der Waals surface area contributed by atoms with Gasteiger partial charge in [-0.2, -0.15) is 0 Å². The second kappa shape index (κ2) is 8.87. The number of hydrogen-bond donors (Lipinski definition) is 2. The summed E-state index contributed by atoms with van der Waals surface area (Å²) in [5.74, 6) is 0.581. The predicted octanol–water partition coefficient (Wildman–Crippen LogP) is 0.513. The lowest BCUT2D eigenvalue weighted by Gasteiger charge is -2.28. The van der Waals surface area contributed by atoms with Crippen molar-refractivity contribution in [3.8, 4) is 0 Å². The highest BCUT2D eigenvalue weighted by atomic mass is 32.2. The minimum Gasteiger partial charge on any atom is -0.384 e. The van der Waals surface area contributed by atoms with E-state index >= 15 is 0 Å². The molecule has 1 saturated heterocycles. The summed E-state index contributed by atoms with van der Waals surface area (Å²) in [7, 11) is 0. The maximum absolute atomic E-state index is 12.9. The number of aromatic nitrogens is 5. The number of Topliss-reactive ketones (excluding diaryl/α,β-unsaturated/α-hetero) is 1. The van der Waals surface area contributed by atoms with Gasteiger partial charge < -0.3 is 15.4 Å². The molecular weight excluding hydrogens is 422 g/mol. The van der Waals surface area contributed by atoms with Gasteiger partial charge in [0.1, 0.15) is 11.4 Å². The van der Waals surface area contributed by atoms with Crippen molar-refractivity contribution in [1.82, 2.24) is 24.3 Å². The predicted molar refractivity (Wildman–Crippen MR) is 117 cm³/mol. The Morgan fingerprint density at radius 3 is 2.61 bits per heavy atom. The first-order chi connectivity index (χ1) is 14.9. The van der Waals surface area contributed by atoms with Crippen LogP contribution >= 0.6 is 11.8 Å². The molecule has 12 heteroatoms. The van der Waals surface area contributed by atoms with Crippen molar-refractivity contribution < 1.29 is 9.53 Å². The van der Waals surface area contributed by atoms with Crippen LogP contribution in [-0.2, 0) is 11.3 Å². The van der Waals surface area contributed by atoms with Crippen LogP contribution in [0.4, 0.5) is 11.8 Å². The molecular formula is C19H27N7O4S. The van der Waals surface area contributed by atoms with Crippen LogP contribution in [0.15, 0.2) is 14.7 Å². The molecule has 2 aromatic rings. The Labute approximate surface area is 183 Å². The zero-order valence-corrected chi connectivity index (χ0v) is 18.5. The number of thioether (sulfide) groups is 1. The molecule has 3 heterocycles. The van der Waals surface area contributed by atoms with E-state index in [1.165, 1.54) is 16.3 Å². The molecule has 0 amide bonds. The summed E-state index contributed by atoms with van der Waals surface area (Å²) in [4.78, 5) is 41.6. The third-order valence-corrected chi connectivity index (χ3v) is 6.21. The number of ether oxygens (including phenoxy) is 1. The zero-order valence-electron chi connectivity index (χ0n) is 17.7. The van der Waals surface area contributed by atoms with Crippen molar-refractivity contribution in [1.29, 1.82) is 0 Å². The highest BCUT2D eigenvalue weighted by Gasteiger charge is 2.30. The number of morpholine rings is 1. The number of anilines is 2. The molecule has 4 rings (SSSR count). The Bertz CT molecular complexity index is 1080. The number of hydrogen-bond acceptors (Lipinski definition) is 9. The maximum atomic E-state index is 12.9. The third kappa shape index (κ3) is 4.54. The number of nitrogens with zero attached hydrogens (tertiary/aromatic N) is 5. The summed E-state index contributed by atoms with van der Waals surface area (Å²) in [6.07, 6.45) is 1.61. The number of rotatable bonds is 8. The molecule has 0 spiro atoms. The number of carbonyl (C=O) groups excluding carboxylic acids is 1. The lowest BCUT2D eigenvalue weighted by atomic mass is 10.2. The first-order valence-electron chi connectivity index (χ1n) is 10.4. The standard InChI is InChI=1S/C19H27N7O4S/c1-11(2)9-25-17(24-5-7-30-8-6-24)22-23-19(25)31-10-13(27)14-15(20)26(12-3-4-12)18(29)21-16(14)28/h11-12H,3-10,20H2,1-2H3,(H,21,28,29). The molecule has 2 fully saturated rings. The van der Waals surface area contributed by atoms with Gasteiger partial charge in [0.15, 0.2) is 10.9 Å². The fourth-order valence-corrected chi connectivity index (χ4v) is 4.46. The van der Waals surface area contributed by atoms with Crippen molar-refractivity contribution in [3.05, 3.63) is 26.4 Å². The summed E-state index contributed by atoms with van der Waals surface area (Å²) in [6, 6.07) is -0.0474. The van der Waals surface area contributed by atoms with Gasteiger partial charge in [-0.15, -0.1) is 10.2 Å². The molecule has 0 radical (unpaired) electrons. The minimum absolute atomic E-state index is 0.0323. The molecule has 11 nitrogen and oxygen atoms in total. The summed E-state index contributed by atoms with van der Waals surface area (Å²) < 4.78 is 8.74. The molecule has 2 aromatic heterocycles. The fraction of sp³-hybridized carbons (Fsp3) is 0.632. The van der Waals surface area contributed by atoms with Gasteiger partial charge in [-0.1, -0.05) is 25.6 Å².